The summed E-state index contributed by atoms with van der Waals surface area (Å²) >= 11 is 0. The van der Waals surface area contributed by atoms with E-state index in [1.807, 2.05) is 0 Å². The van der Waals surface area contributed by atoms with Crippen molar-refractivity contribution in [3.63, 3.8) is 0 Å². The molecule has 102 valence electrons. The number of aryl methyl sites for hydroxylation is 1. The molecule has 0 aliphatic heterocycles. The van der Waals surface area contributed by atoms with E-state index in [4.69, 9.17) is 9.84 Å². The van der Waals surface area contributed by atoms with Crippen molar-refractivity contribution >= 4 is 17.6 Å². The number of carboxylic acids is 1. The molecule has 0 unspecified atom stereocenters. The van der Waals surface area contributed by atoms with Gasteiger partial charge in [-0.2, -0.15) is 0 Å². The van der Waals surface area contributed by atoms with Crippen molar-refractivity contribution in [3.05, 3.63) is 29.3 Å². The molecule has 1 aromatic rings. The summed E-state index contributed by atoms with van der Waals surface area (Å²) in [6.07, 6.45) is 2.36. The summed E-state index contributed by atoms with van der Waals surface area (Å²) in [6.45, 7) is 2.35. The van der Waals surface area contributed by atoms with E-state index in [2.05, 4.69) is 5.32 Å². The van der Waals surface area contributed by atoms with Crippen molar-refractivity contribution in [1.82, 2.24) is 0 Å². The Morgan fingerprint density at radius 3 is 2.79 bits per heavy atom. The van der Waals surface area contributed by atoms with Crippen molar-refractivity contribution in [2.45, 2.75) is 19.8 Å². The lowest BCUT2D eigenvalue weighted by Gasteiger charge is -2.08. The van der Waals surface area contributed by atoms with Crippen LogP contribution in [0.15, 0.2) is 18.2 Å². The van der Waals surface area contributed by atoms with E-state index in [1.54, 1.807) is 19.1 Å². The summed E-state index contributed by atoms with van der Waals surface area (Å²) in [4.78, 5) is 22.6. The Labute approximate surface area is 111 Å². The lowest BCUT2D eigenvalue weighted by molar-refractivity contribution is -0.120. The summed E-state index contributed by atoms with van der Waals surface area (Å²) in [7, 11) is 0. The maximum Gasteiger partial charge on any atom is 0.336 e. The zero-order valence-corrected chi connectivity index (χ0v) is 10.8. The lowest BCUT2D eigenvalue weighted by atomic mass is 10.1. The molecule has 0 spiro atoms. The molecule has 1 fully saturated rings. The highest BCUT2D eigenvalue weighted by molar-refractivity contribution is 5.95. The third-order valence-corrected chi connectivity index (χ3v) is 3.04. The molecule has 0 atom stereocenters. The number of ether oxygens (including phenoxy) is 1. The van der Waals surface area contributed by atoms with Gasteiger partial charge in [0.25, 0.3) is 0 Å². The number of hydrogen-bond donors (Lipinski definition) is 2. The first kappa shape index (κ1) is 13.5. The molecule has 2 N–H and O–H groups in total. The molecular formula is C14H17NO4. The molecule has 2 rings (SSSR count). The summed E-state index contributed by atoms with van der Waals surface area (Å²) in [5, 5.41) is 11.6. The molecule has 1 saturated carbocycles. The van der Waals surface area contributed by atoms with Gasteiger partial charge < -0.3 is 15.2 Å². The van der Waals surface area contributed by atoms with Crippen LogP contribution in [0.2, 0.25) is 0 Å². The minimum atomic E-state index is -1.00. The maximum atomic E-state index is 11.6. The van der Waals surface area contributed by atoms with Crippen LogP contribution in [0.4, 0.5) is 5.69 Å². The molecule has 1 aliphatic carbocycles. The predicted molar refractivity (Wildman–Crippen MR) is 70.3 cm³/mol. The Bertz CT molecular complexity index is 494. The van der Waals surface area contributed by atoms with Gasteiger partial charge in [0.1, 0.15) is 6.61 Å². The Balaban J connectivity index is 1.88. The van der Waals surface area contributed by atoms with Gasteiger partial charge in [-0.25, -0.2) is 4.79 Å². The van der Waals surface area contributed by atoms with Gasteiger partial charge in [-0.05, 0) is 43.4 Å². The van der Waals surface area contributed by atoms with Crippen LogP contribution in [0, 0.1) is 12.8 Å². The fourth-order valence-corrected chi connectivity index (χ4v) is 1.73. The van der Waals surface area contributed by atoms with Crippen LogP contribution >= 0.6 is 0 Å². The van der Waals surface area contributed by atoms with Gasteiger partial charge in [-0.1, -0.05) is 6.07 Å². The molecule has 0 heterocycles. The van der Waals surface area contributed by atoms with Gasteiger partial charge >= 0.3 is 5.97 Å². The number of amides is 1. The fourth-order valence-electron chi connectivity index (χ4n) is 1.73. The van der Waals surface area contributed by atoms with Gasteiger partial charge in [0, 0.05) is 5.69 Å². The first-order valence-corrected chi connectivity index (χ1v) is 6.28. The zero-order valence-electron chi connectivity index (χ0n) is 10.8. The van der Waals surface area contributed by atoms with Crippen LogP contribution in [0.3, 0.4) is 0 Å². The molecule has 1 amide bonds. The second-order valence-corrected chi connectivity index (χ2v) is 4.84. The Kier molecular flexibility index (Phi) is 4.16. The molecule has 0 aromatic heterocycles. The number of aromatic carboxylic acids is 1. The molecule has 0 radical (unpaired) electrons. The van der Waals surface area contributed by atoms with Gasteiger partial charge in [0.15, 0.2) is 0 Å². The molecule has 19 heavy (non-hydrogen) atoms. The number of carbonyl (C=O) groups excluding carboxylic acids is 1. The molecule has 1 aliphatic rings. The normalized spacial score (nSPS) is 14.2. The van der Waals surface area contributed by atoms with Gasteiger partial charge in [-0.3, -0.25) is 4.79 Å². The van der Waals surface area contributed by atoms with Crippen molar-refractivity contribution in [2.24, 2.45) is 5.92 Å². The summed E-state index contributed by atoms with van der Waals surface area (Å²) in [5.41, 5.74) is 1.33. The average Bonchev–Trinajstić information content (AvgIpc) is 3.15. The highest BCUT2D eigenvalue weighted by Gasteiger charge is 2.21. The standard InChI is InChI=1S/C14H17NO4/c1-9-2-5-11(6-12(9)14(17)18)15-13(16)8-19-7-10-3-4-10/h2,5-6,10H,3-4,7-8H2,1H3,(H,15,16)(H,17,18). The number of nitrogens with one attached hydrogen (secondary N) is 1. The van der Waals surface area contributed by atoms with Crippen molar-refractivity contribution in [3.8, 4) is 0 Å². The summed E-state index contributed by atoms with van der Waals surface area (Å²) < 4.78 is 5.26. The van der Waals surface area contributed by atoms with E-state index in [1.165, 1.54) is 18.9 Å². The van der Waals surface area contributed by atoms with Gasteiger partial charge in [0.2, 0.25) is 5.91 Å². The fraction of sp³-hybridized carbons (Fsp3) is 0.429. The number of anilines is 1. The Hall–Kier alpha value is -1.88. The molecule has 5 nitrogen and oxygen atoms in total. The van der Waals surface area contributed by atoms with Crippen molar-refractivity contribution in [2.75, 3.05) is 18.5 Å². The molecule has 1 aromatic carbocycles. The number of hydrogen-bond acceptors (Lipinski definition) is 3. The zero-order chi connectivity index (χ0) is 13.8. The first-order chi connectivity index (χ1) is 9.06. The SMILES string of the molecule is Cc1ccc(NC(=O)COCC2CC2)cc1C(=O)O. The second-order valence-electron chi connectivity index (χ2n) is 4.84. The van der Waals surface area contributed by atoms with E-state index in [0.29, 0.717) is 23.8 Å². The second kappa shape index (κ2) is 5.84. The van der Waals surface area contributed by atoms with E-state index in [9.17, 15) is 9.59 Å². The number of carboxylic acid groups (broad SMARTS) is 1. The Morgan fingerprint density at radius 2 is 2.16 bits per heavy atom. The van der Waals surface area contributed by atoms with Crippen LogP contribution in [0.1, 0.15) is 28.8 Å². The lowest BCUT2D eigenvalue weighted by Crippen LogP contribution is -2.19. The van der Waals surface area contributed by atoms with E-state index < -0.39 is 5.97 Å². The highest BCUT2D eigenvalue weighted by Crippen LogP contribution is 2.28. The number of carbonyl (C=O) groups is 2. The summed E-state index contributed by atoms with van der Waals surface area (Å²) in [5.74, 6) is -0.648. The largest absolute Gasteiger partial charge is 0.478 e. The maximum absolute atomic E-state index is 11.6. The third kappa shape index (κ3) is 4.06. The minimum Gasteiger partial charge on any atom is -0.478 e. The van der Waals surface area contributed by atoms with Crippen LogP contribution in [0.25, 0.3) is 0 Å². The van der Waals surface area contributed by atoms with Gasteiger partial charge in [0.05, 0.1) is 12.2 Å². The van der Waals surface area contributed by atoms with Crippen molar-refractivity contribution in [1.29, 1.82) is 0 Å². The monoisotopic (exact) mass is 263 g/mol. The number of rotatable bonds is 6. The van der Waals surface area contributed by atoms with Crippen LogP contribution in [0.5, 0.6) is 0 Å². The van der Waals surface area contributed by atoms with E-state index in [-0.39, 0.29) is 18.1 Å². The van der Waals surface area contributed by atoms with Gasteiger partial charge in [-0.15, -0.1) is 0 Å². The topological polar surface area (TPSA) is 75.6 Å². The smallest absolute Gasteiger partial charge is 0.336 e. The van der Waals surface area contributed by atoms with E-state index >= 15 is 0 Å². The van der Waals surface area contributed by atoms with Crippen LogP contribution in [-0.4, -0.2) is 30.2 Å². The quantitative estimate of drug-likeness (QED) is 0.823. The first-order valence-electron chi connectivity index (χ1n) is 6.28. The molecular weight excluding hydrogens is 246 g/mol. The van der Waals surface area contributed by atoms with E-state index in [0.717, 1.165) is 0 Å². The molecule has 0 bridgehead atoms. The van der Waals surface area contributed by atoms with Crippen LogP contribution < -0.4 is 5.32 Å². The predicted octanol–water partition coefficient (Wildman–Crippen LogP) is 2.06. The number of benzene rings is 1. The third-order valence-electron chi connectivity index (χ3n) is 3.04. The average molecular weight is 263 g/mol. The molecule has 0 saturated heterocycles. The Morgan fingerprint density at radius 1 is 1.42 bits per heavy atom. The molecule has 5 heteroatoms. The highest BCUT2D eigenvalue weighted by atomic mass is 16.5. The van der Waals surface area contributed by atoms with Crippen molar-refractivity contribution < 1.29 is 19.4 Å². The summed E-state index contributed by atoms with van der Waals surface area (Å²) in [6, 6.07) is 4.81. The van der Waals surface area contributed by atoms with Crippen LogP contribution in [-0.2, 0) is 9.53 Å². The minimum absolute atomic E-state index is 0.00673.